The third-order valence-electron chi connectivity index (χ3n) is 5.11. The van der Waals surface area contributed by atoms with E-state index in [4.69, 9.17) is 15.5 Å². The summed E-state index contributed by atoms with van der Waals surface area (Å²) in [5.74, 6) is 0.453. The van der Waals surface area contributed by atoms with Crippen LogP contribution in [0, 0.1) is 5.92 Å². The molecule has 4 nitrogen and oxygen atoms in total. The fraction of sp³-hybridized carbons (Fsp3) is 0.529. The SMILES string of the molecule is NC(c1cnc2ccccc2n1)C1CCOC2(CCC2)C1. The van der Waals surface area contributed by atoms with Crippen LogP contribution in [0.3, 0.4) is 0 Å². The molecule has 4 rings (SSSR count). The van der Waals surface area contributed by atoms with E-state index in [0.29, 0.717) is 5.92 Å². The molecule has 2 aliphatic rings. The van der Waals surface area contributed by atoms with Gasteiger partial charge in [0.25, 0.3) is 0 Å². The number of benzene rings is 1. The number of nitrogens with two attached hydrogens (primary N) is 1. The topological polar surface area (TPSA) is 61.0 Å². The Balaban J connectivity index is 1.58. The largest absolute Gasteiger partial charge is 0.375 e. The molecular weight excluding hydrogens is 262 g/mol. The maximum Gasteiger partial charge on any atom is 0.0890 e. The van der Waals surface area contributed by atoms with Crippen molar-refractivity contribution in [3.8, 4) is 0 Å². The predicted octanol–water partition coefficient (Wildman–Crippen LogP) is 2.98. The Morgan fingerprint density at radius 1 is 1.24 bits per heavy atom. The summed E-state index contributed by atoms with van der Waals surface area (Å²) in [5.41, 5.74) is 9.40. The zero-order valence-electron chi connectivity index (χ0n) is 12.2. The summed E-state index contributed by atoms with van der Waals surface area (Å²) in [4.78, 5) is 9.21. The maximum absolute atomic E-state index is 6.50. The Morgan fingerprint density at radius 3 is 2.81 bits per heavy atom. The van der Waals surface area contributed by atoms with E-state index in [1.54, 1.807) is 0 Å². The van der Waals surface area contributed by atoms with Gasteiger partial charge in [0.1, 0.15) is 0 Å². The Bertz CT molecular complexity index is 653. The van der Waals surface area contributed by atoms with Gasteiger partial charge in [0.2, 0.25) is 0 Å². The lowest BCUT2D eigenvalue weighted by atomic mass is 9.70. The summed E-state index contributed by atoms with van der Waals surface area (Å²) in [6.45, 7) is 0.833. The highest BCUT2D eigenvalue weighted by Crippen LogP contribution is 2.46. The molecule has 2 aromatic rings. The van der Waals surface area contributed by atoms with Crippen LogP contribution < -0.4 is 5.73 Å². The number of ether oxygens (including phenoxy) is 1. The van der Waals surface area contributed by atoms with Gasteiger partial charge in [-0.3, -0.25) is 4.98 Å². The van der Waals surface area contributed by atoms with Gasteiger partial charge in [-0.1, -0.05) is 12.1 Å². The van der Waals surface area contributed by atoms with Crippen LogP contribution in [0.2, 0.25) is 0 Å². The van der Waals surface area contributed by atoms with E-state index < -0.39 is 0 Å². The molecule has 110 valence electrons. The summed E-state index contributed by atoms with van der Waals surface area (Å²) >= 11 is 0. The van der Waals surface area contributed by atoms with Crippen LogP contribution in [-0.2, 0) is 4.74 Å². The summed E-state index contributed by atoms with van der Waals surface area (Å²) in [6.07, 6.45) is 7.62. The van der Waals surface area contributed by atoms with Crippen molar-refractivity contribution in [3.63, 3.8) is 0 Å². The van der Waals surface area contributed by atoms with Crippen molar-refractivity contribution >= 4 is 11.0 Å². The van der Waals surface area contributed by atoms with E-state index >= 15 is 0 Å². The zero-order chi connectivity index (χ0) is 14.3. The van der Waals surface area contributed by atoms with Gasteiger partial charge in [-0.15, -0.1) is 0 Å². The average Bonchev–Trinajstić information content (AvgIpc) is 2.52. The number of nitrogens with zero attached hydrogens (tertiary/aromatic N) is 2. The maximum atomic E-state index is 6.50. The summed E-state index contributed by atoms with van der Waals surface area (Å²) in [5, 5.41) is 0. The fourth-order valence-electron chi connectivity index (χ4n) is 3.67. The first-order valence-electron chi connectivity index (χ1n) is 7.87. The lowest BCUT2D eigenvalue weighted by Gasteiger charge is -2.48. The molecule has 4 heteroatoms. The number of rotatable bonds is 2. The highest BCUT2D eigenvalue weighted by atomic mass is 16.5. The van der Waals surface area contributed by atoms with Crippen LogP contribution in [0.25, 0.3) is 11.0 Å². The van der Waals surface area contributed by atoms with E-state index in [1.807, 2.05) is 30.5 Å². The molecule has 2 unspecified atom stereocenters. The zero-order valence-corrected chi connectivity index (χ0v) is 12.2. The number of hydrogen-bond acceptors (Lipinski definition) is 4. The van der Waals surface area contributed by atoms with Gasteiger partial charge in [0.05, 0.1) is 34.6 Å². The first-order valence-corrected chi connectivity index (χ1v) is 7.87. The Hall–Kier alpha value is -1.52. The van der Waals surface area contributed by atoms with Crippen LogP contribution in [0.15, 0.2) is 30.5 Å². The minimum absolute atomic E-state index is 0.0384. The van der Waals surface area contributed by atoms with E-state index in [-0.39, 0.29) is 11.6 Å². The molecule has 1 aliphatic heterocycles. The molecule has 1 aromatic heterocycles. The van der Waals surface area contributed by atoms with Crippen molar-refractivity contribution in [2.24, 2.45) is 11.7 Å². The molecule has 2 N–H and O–H groups in total. The molecule has 1 aromatic carbocycles. The van der Waals surface area contributed by atoms with Gasteiger partial charge in [-0.25, -0.2) is 4.98 Å². The molecule has 0 radical (unpaired) electrons. The highest BCUT2D eigenvalue weighted by molar-refractivity contribution is 5.73. The lowest BCUT2D eigenvalue weighted by molar-refractivity contribution is -0.146. The van der Waals surface area contributed by atoms with Gasteiger partial charge < -0.3 is 10.5 Å². The quantitative estimate of drug-likeness (QED) is 0.920. The second kappa shape index (κ2) is 5.04. The molecular formula is C17H21N3O. The second-order valence-electron chi connectivity index (χ2n) is 6.45. The number of para-hydroxylation sites is 2. The molecule has 1 spiro atoms. The van der Waals surface area contributed by atoms with Crippen molar-refractivity contribution in [1.82, 2.24) is 9.97 Å². The van der Waals surface area contributed by atoms with Crippen molar-refractivity contribution < 1.29 is 4.74 Å². The number of hydrogen-bond donors (Lipinski definition) is 1. The second-order valence-corrected chi connectivity index (χ2v) is 6.45. The van der Waals surface area contributed by atoms with E-state index in [9.17, 15) is 0 Å². The van der Waals surface area contributed by atoms with Crippen LogP contribution in [0.5, 0.6) is 0 Å². The Kier molecular flexibility index (Phi) is 3.16. The molecule has 2 atom stereocenters. The molecule has 2 fully saturated rings. The van der Waals surface area contributed by atoms with Gasteiger partial charge >= 0.3 is 0 Å². The van der Waals surface area contributed by atoms with Gasteiger partial charge in [-0.2, -0.15) is 0 Å². The van der Waals surface area contributed by atoms with Crippen LogP contribution in [0.1, 0.15) is 43.8 Å². The molecule has 2 heterocycles. The van der Waals surface area contributed by atoms with Crippen molar-refractivity contribution in [2.45, 2.75) is 43.7 Å². The Morgan fingerprint density at radius 2 is 2.05 bits per heavy atom. The highest BCUT2D eigenvalue weighted by Gasteiger charge is 2.44. The first-order chi connectivity index (χ1) is 10.3. The normalized spacial score (nSPS) is 25.7. The van der Waals surface area contributed by atoms with Gasteiger partial charge in [0.15, 0.2) is 0 Å². The standard InChI is InChI=1S/C17H21N3O/c18-16(12-6-9-21-17(10-12)7-3-8-17)15-11-19-13-4-1-2-5-14(13)20-15/h1-2,4-5,11-12,16H,3,6-10,18H2. The van der Waals surface area contributed by atoms with E-state index in [0.717, 1.165) is 36.2 Å². The minimum atomic E-state index is -0.0384. The van der Waals surface area contributed by atoms with Crippen LogP contribution in [0.4, 0.5) is 0 Å². The van der Waals surface area contributed by atoms with Crippen molar-refractivity contribution in [2.75, 3.05) is 6.61 Å². The smallest absolute Gasteiger partial charge is 0.0890 e. The van der Waals surface area contributed by atoms with Gasteiger partial charge in [-0.05, 0) is 50.2 Å². The minimum Gasteiger partial charge on any atom is -0.375 e. The predicted molar refractivity (Wildman–Crippen MR) is 81.7 cm³/mol. The molecule has 1 aliphatic carbocycles. The fourth-order valence-corrected chi connectivity index (χ4v) is 3.67. The Labute approximate surface area is 124 Å². The van der Waals surface area contributed by atoms with Crippen LogP contribution in [-0.4, -0.2) is 22.2 Å². The summed E-state index contributed by atoms with van der Waals surface area (Å²) < 4.78 is 6.00. The van der Waals surface area contributed by atoms with Crippen molar-refractivity contribution in [3.05, 3.63) is 36.2 Å². The molecule has 1 saturated heterocycles. The molecule has 0 amide bonds. The van der Waals surface area contributed by atoms with E-state index in [2.05, 4.69) is 4.98 Å². The summed E-state index contributed by atoms with van der Waals surface area (Å²) in [7, 11) is 0. The molecule has 21 heavy (non-hydrogen) atoms. The summed E-state index contributed by atoms with van der Waals surface area (Å²) in [6, 6.07) is 7.91. The number of fused-ring (bicyclic) bond motifs is 1. The average molecular weight is 283 g/mol. The third-order valence-corrected chi connectivity index (χ3v) is 5.11. The van der Waals surface area contributed by atoms with Gasteiger partial charge in [0, 0.05) is 6.61 Å². The van der Waals surface area contributed by atoms with Crippen LogP contribution >= 0.6 is 0 Å². The van der Waals surface area contributed by atoms with E-state index in [1.165, 1.54) is 19.3 Å². The first kappa shape index (κ1) is 13.2. The van der Waals surface area contributed by atoms with Crippen molar-refractivity contribution in [1.29, 1.82) is 0 Å². The lowest BCUT2D eigenvalue weighted by Crippen LogP contribution is -2.47. The molecule has 1 saturated carbocycles. The third kappa shape index (κ3) is 2.32. The number of aromatic nitrogens is 2. The monoisotopic (exact) mass is 283 g/mol. The molecule has 0 bridgehead atoms.